The molecule has 0 amide bonds. The molecule has 0 saturated carbocycles. The van der Waals surface area contributed by atoms with Crippen LogP contribution in [0.15, 0.2) is 46.9 Å². The second-order valence-corrected chi connectivity index (χ2v) is 8.44. The summed E-state index contributed by atoms with van der Waals surface area (Å²) >= 11 is 0. The highest BCUT2D eigenvalue weighted by Gasteiger charge is 2.31. The third-order valence-corrected chi connectivity index (χ3v) is 6.16. The van der Waals surface area contributed by atoms with Crippen LogP contribution in [0, 0.1) is 13.8 Å². The first-order valence-corrected chi connectivity index (χ1v) is 10.8. The maximum Gasteiger partial charge on any atom is 0.274 e. The fourth-order valence-electron chi connectivity index (χ4n) is 4.33. The predicted octanol–water partition coefficient (Wildman–Crippen LogP) is 1.41. The van der Waals surface area contributed by atoms with E-state index in [0.29, 0.717) is 5.89 Å². The van der Waals surface area contributed by atoms with Crippen LogP contribution >= 0.6 is 0 Å². The van der Waals surface area contributed by atoms with E-state index in [4.69, 9.17) is 9.15 Å². The highest BCUT2D eigenvalue weighted by Crippen LogP contribution is 2.21. The molecule has 1 atom stereocenters. The van der Waals surface area contributed by atoms with Crippen LogP contribution in [-0.2, 0) is 6.54 Å². The standard InChI is InChI=1S/C24H30N4O2/c1-17-6-5-7-20(14-17)24-26-25-23(30-24)19(3)28-12-10-27(11-13-28)16-21-15-18(2)8-9-22(21)29-4/h5-9,14-15,19H,10-13,16H2,1-4H3/p+2/t19-/m1/s1. The molecule has 30 heavy (non-hydrogen) atoms. The highest BCUT2D eigenvalue weighted by molar-refractivity contribution is 5.53. The van der Waals surface area contributed by atoms with Gasteiger partial charge in [-0.1, -0.05) is 29.3 Å². The fourth-order valence-corrected chi connectivity index (χ4v) is 4.33. The van der Waals surface area contributed by atoms with Gasteiger partial charge in [-0.05, 0) is 45.0 Å². The first-order chi connectivity index (χ1) is 14.5. The van der Waals surface area contributed by atoms with Crippen molar-refractivity contribution in [3.8, 4) is 17.2 Å². The van der Waals surface area contributed by atoms with Gasteiger partial charge < -0.3 is 19.0 Å². The Morgan fingerprint density at radius 2 is 1.77 bits per heavy atom. The summed E-state index contributed by atoms with van der Waals surface area (Å²) in [6, 6.07) is 14.8. The van der Waals surface area contributed by atoms with Gasteiger partial charge >= 0.3 is 0 Å². The molecular formula is C24H32N4O2+2. The Bertz CT molecular complexity index is 992. The number of methoxy groups -OCH3 is 1. The first-order valence-electron chi connectivity index (χ1n) is 10.8. The average molecular weight is 409 g/mol. The van der Waals surface area contributed by atoms with Crippen molar-refractivity contribution in [2.24, 2.45) is 0 Å². The van der Waals surface area contributed by atoms with Crippen LogP contribution in [0.1, 0.15) is 35.5 Å². The molecule has 0 radical (unpaired) electrons. The Morgan fingerprint density at radius 1 is 1.00 bits per heavy atom. The molecule has 2 N–H and O–H groups in total. The van der Waals surface area contributed by atoms with Gasteiger partial charge in [0, 0.05) is 11.1 Å². The highest BCUT2D eigenvalue weighted by atomic mass is 16.5. The molecule has 0 bridgehead atoms. The molecule has 4 rings (SSSR count). The largest absolute Gasteiger partial charge is 0.496 e. The van der Waals surface area contributed by atoms with E-state index in [1.807, 2.05) is 12.1 Å². The number of quaternary nitrogens is 2. The molecule has 1 aliphatic heterocycles. The Kier molecular flexibility index (Phi) is 6.16. The van der Waals surface area contributed by atoms with Crippen molar-refractivity contribution in [3.05, 3.63) is 65.0 Å². The SMILES string of the molecule is COc1ccc(C)cc1C[NH+]1CC[NH+]([C@H](C)c2nnc(-c3cccc(C)c3)o2)CC1. The zero-order valence-corrected chi connectivity index (χ0v) is 18.4. The van der Waals surface area contributed by atoms with Gasteiger partial charge in [0.15, 0.2) is 6.04 Å². The third kappa shape index (κ3) is 4.55. The number of aryl methyl sites for hydroxylation is 2. The molecule has 0 spiro atoms. The number of nitrogens with one attached hydrogen (secondary N) is 2. The van der Waals surface area contributed by atoms with E-state index in [9.17, 15) is 0 Å². The molecule has 0 aliphatic carbocycles. The molecular weight excluding hydrogens is 376 g/mol. The van der Waals surface area contributed by atoms with Crippen LogP contribution in [0.4, 0.5) is 0 Å². The quantitative estimate of drug-likeness (QED) is 0.648. The zero-order valence-electron chi connectivity index (χ0n) is 18.4. The van der Waals surface area contributed by atoms with Crippen LogP contribution in [0.25, 0.3) is 11.5 Å². The van der Waals surface area contributed by atoms with E-state index in [1.165, 1.54) is 21.6 Å². The summed E-state index contributed by atoms with van der Waals surface area (Å²) in [7, 11) is 1.75. The van der Waals surface area contributed by atoms with Crippen LogP contribution in [0.5, 0.6) is 5.75 Å². The molecule has 1 saturated heterocycles. The minimum Gasteiger partial charge on any atom is -0.496 e. The van der Waals surface area contributed by atoms with Gasteiger partial charge in [-0.3, -0.25) is 0 Å². The molecule has 1 aliphatic rings. The zero-order chi connectivity index (χ0) is 21.1. The van der Waals surface area contributed by atoms with Crippen molar-refractivity contribution in [3.63, 3.8) is 0 Å². The van der Waals surface area contributed by atoms with Crippen molar-refractivity contribution in [1.29, 1.82) is 0 Å². The Labute approximate surface area is 178 Å². The van der Waals surface area contributed by atoms with Crippen molar-refractivity contribution >= 4 is 0 Å². The number of aromatic nitrogens is 2. The van der Waals surface area contributed by atoms with Crippen molar-refractivity contribution in [2.45, 2.75) is 33.4 Å². The first kappa shape index (κ1) is 20.6. The van der Waals surface area contributed by atoms with E-state index < -0.39 is 0 Å². The second-order valence-electron chi connectivity index (χ2n) is 8.44. The number of hydrogen-bond donors (Lipinski definition) is 2. The maximum atomic E-state index is 6.04. The summed E-state index contributed by atoms with van der Waals surface area (Å²) in [5.74, 6) is 2.33. The topological polar surface area (TPSA) is 57.0 Å². The Morgan fingerprint density at radius 3 is 2.50 bits per heavy atom. The molecule has 1 fully saturated rings. The predicted molar refractivity (Wildman–Crippen MR) is 116 cm³/mol. The van der Waals surface area contributed by atoms with Gasteiger partial charge in [0.05, 0.1) is 7.11 Å². The number of piperazine rings is 1. The molecule has 3 aromatic rings. The maximum absolute atomic E-state index is 6.04. The minimum absolute atomic E-state index is 0.200. The molecule has 6 heteroatoms. The van der Waals surface area contributed by atoms with Gasteiger partial charge in [0.2, 0.25) is 5.89 Å². The number of ether oxygens (including phenoxy) is 1. The van der Waals surface area contributed by atoms with Crippen molar-refractivity contribution in [2.75, 3.05) is 33.3 Å². The molecule has 2 heterocycles. The molecule has 1 aromatic heterocycles. The van der Waals surface area contributed by atoms with E-state index in [0.717, 1.165) is 49.9 Å². The average Bonchev–Trinajstić information content (AvgIpc) is 3.24. The lowest BCUT2D eigenvalue weighted by molar-refractivity contribution is -1.03. The van der Waals surface area contributed by atoms with Crippen LogP contribution in [0.3, 0.4) is 0 Å². The smallest absolute Gasteiger partial charge is 0.274 e. The van der Waals surface area contributed by atoms with Gasteiger partial charge in [0.1, 0.15) is 38.5 Å². The van der Waals surface area contributed by atoms with E-state index in [2.05, 4.69) is 61.3 Å². The van der Waals surface area contributed by atoms with E-state index in [-0.39, 0.29) is 6.04 Å². The summed E-state index contributed by atoms with van der Waals surface area (Å²) < 4.78 is 11.6. The van der Waals surface area contributed by atoms with Crippen LogP contribution in [0.2, 0.25) is 0 Å². The molecule has 6 nitrogen and oxygen atoms in total. The lowest BCUT2D eigenvalue weighted by Crippen LogP contribution is -3.27. The lowest BCUT2D eigenvalue weighted by atomic mass is 10.1. The number of nitrogens with zero attached hydrogens (tertiary/aromatic N) is 2. The lowest BCUT2D eigenvalue weighted by Gasteiger charge is -2.32. The van der Waals surface area contributed by atoms with Crippen molar-refractivity contribution < 1.29 is 19.0 Å². The summed E-state index contributed by atoms with van der Waals surface area (Å²) in [5.41, 5.74) is 4.75. The molecule has 158 valence electrons. The van der Waals surface area contributed by atoms with Crippen LogP contribution in [-0.4, -0.2) is 43.5 Å². The minimum atomic E-state index is 0.200. The normalized spacial score (nSPS) is 20.1. The molecule has 0 unspecified atom stereocenters. The van der Waals surface area contributed by atoms with Crippen molar-refractivity contribution in [1.82, 2.24) is 10.2 Å². The Hall–Kier alpha value is -2.70. The summed E-state index contributed by atoms with van der Waals surface area (Å²) in [6.07, 6.45) is 0. The van der Waals surface area contributed by atoms with E-state index in [1.54, 1.807) is 12.0 Å². The monoisotopic (exact) mass is 408 g/mol. The number of benzene rings is 2. The van der Waals surface area contributed by atoms with Crippen LogP contribution < -0.4 is 14.5 Å². The second kappa shape index (κ2) is 8.98. The van der Waals surface area contributed by atoms with Gasteiger partial charge in [-0.25, -0.2) is 0 Å². The fraction of sp³-hybridized carbons (Fsp3) is 0.417. The summed E-state index contributed by atoms with van der Waals surface area (Å²) in [6.45, 7) is 11.8. The Balaban J connectivity index is 1.37. The van der Waals surface area contributed by atoms with E-state index >= 15 is 0 Å². The van der Waals surface area contributed by atoms with Gasteiger partial charge in [0.25, 0.3) is 5.89 Å². The third-order valence-electron chi connectivity index (χ3n) is 6.16. The number of hydrogen-bond acceptors (Lipinski definition) is 4. The van der Waals surface area contributed by atoms with Gasteiger partial charge in [-0.2, -0.15) is 0 Å². The summed E-state index contributed by atoms with van der Waals surface area (Å²) in [4.78, 5) is 3.11. The molecule has 2 aromatic carbocycles. The van der Waals surface area contributed by atoms with Gasteiger partial charge in [-0.15, -0.1) is 10.2 Å². The number of rotatable bonds is 6. The summed E-state index contributed by atoms with van der Waals surface area (Å²) in [5, 5.41) is 8.65.